The van der Waals surface area contributed by atoms with E-state index in [-0.39, 0.29) is 6.61 Å². The Morgan fingerprint density at radius 1 is 1.06 bits per heavy atom. The predicted molar refractivity (Wildman–Crippen MR) is 69.1 cm³/mol. The summed E-state index contributed by atoms with van der Waals surface area (Å²) in [5.74, 6) is 0.873. The molecule has 0 amide bonds. The summed E-state index contributed by atoms with van der Waals surface area (Å²) in [4.78, 5) is 0. The second-order valence-electron chi connectivity index (χ2n) is 4.04. The summed E-state index contributed by atoms with van der Waals surface area (Å²) in [5, 5.41) is 9.01. The Morgan fingerprint density at radius 3 is 2.29 bits per heavy atom. The SMILES string of the molecule is COc1ccc(-c2ccc(CO)cc2)c(C)c1. The van der Waals surface area contributed by atoms with Crippen molar-refractivity contribution in [1.82, 2.24) is 0 Å². The molecule has 1 N–H and O–H groups in total. The molecule has 2 rings (SSSR count). The van der Waals surface area contributed by atoms with Gasteiger partial charge in [-0.05, 0) is 41.3 Å². The molecule has 17 heavy (non-hydrogen) atoms. The smallest absolute Gasteiger partial charge is 0.119 e. The van der Waals surface area contributed by atoms with E-state index in [1.54, 1.807) is 7.11 Å². The van der Waals surface area contributed by atoms with Crippen molar-refractivity contribution in [1.29, 1.82) is 0 Å². The number of methoxy groups -OCH3 is 1. The van der Waals surface area contributed by atoms with Gasteiger partial charge in [-0.3, -0.25) is 0 Å². The standard InChI is InChI=1S/C15H16O2/c1-11-9-14(17-2)7-8-15(11)13-5-3-12(10-16)4-6-13/h3-9,16H,10H2,1-2H3. The van der Waals surface area contributed by atoms with Gasteiger partial charge in [0, 0.05) is 0 Å². The van der Waals surface area contributed by atoms with Crippen LogP contribution in [0.4, 0.5) is 0 Å². The fourth-order valence-corrected chi connectivity index (χ4v) is 1.88. The normalized spacial score (nSPS) is 10.3. The number of rotatable bonds is 3. The van der Waals surface area contributed by atoms with Crippen LogP contribution in [0.3, 0.4) is 0 Å². The summed E-state index contributed by atoms with van der Waals surface area (Å²) in [6.07, 6.45) is 0. The molecular formula is C15H16O2. The summed E-state index contributed by atoms with van der Waals surface area (Å²) in [6, 6.07) is 14.0. The number of ether oxygens (including phenoxy) is 1. The molecule has 0 bridgehead atoms. The molecule has 2 nitrogen and oxygen atoms in total. The first-order chi connectivity index (χ1) is 8.24. The summed E-state index contributed by atoms with van der Waals surface area (Å²) in [7, 11) is 1.67. The molecule has 0 aliphatic carbocycles. The number of hydrogen-bond acceptors (Lipinski definition) is 2. The molecule has 88 valence electrons. The predicted octanol–water partition coefficient (Wildman–Crippen LogP) is 3.16. The summed E-state index contributed by atoms with van der Waals surface area (Å²) in [5.41, 5.74) is 4.46. The number of aliphatic hydroxyl groups is 1. The summed E-state index contributed by atoms with van der Waals surface area (Å²) >= 11 is 0. The Bertz CT molecular complexity index is 501. The highest BCUT2D eigenvalue weighted by Gasteiger charge is 2.03. The van der Waals surface area contributed by atoms with Gasteiger partial charge in [0.1, 0.15) is 5.75 Å². The van der Waals surface area contributed by atoms with Crippen molar-refractivity contribution in [2.45, 2.75) is 13.5 Å². The largest absolute Gasteiger partial charge is 0.497 e. The van der Waals surface area contributed by atoms with Crippen LogP contribution < -0.4 is 4.74 Å². The van der Waals surface area contributed by atoms with E-state index in [4.69, 9.17) is 9.84 Å². The van der Waals surface area contributed by atoms with Crippen molar-refractivity contribution >= 4 is 0 Å². The Balaban J connectivity index is 2.38. The molecule has 2 aromatic rings. The van der Waals surface area contributed by atoms with Gasteiger partial charge in [-0.25, -0.2) is 0 Å². The Morgan fingerprint density at radius 2 is 1.76 bits per heavy atom. The average molecular weight is 228 g/mol. The zero-order chi connectivity index (χ0) is 12.3. The zero-order valence-corrected chi connectivity index (χ0v) is 10.1. The number of hydrogen-bond donors (Lipinski definition) is 1. The fraction of sp³-hybridized carbons (Fsp3) is 0.200. The molecule has 0 aromatic heterocycles. The zero-order valence-electron chi connectivity index (χ0n) is 10.1. The lowest BCUT2D eigenvalue weighted by Crippen LogP contribution is -1.88. The van der Waals surface area contributed by atoms with E-state index in [9.17, 15) is 0 Å². The Kier molecular flexibility index (Phi) is 3.45. The van der Waals surface area contributed by atoms with Gasteiger partial charge < -0.3 is 9.84 Å². The lowest BCUT2D eigenvalue weighted by Gasteiger charge is -2.08. The lowest BCUT2D eigenvalue weighted by atomic mass is 9.99. The Hall–Kier alpha value is -1.80. The first-order valence-corrected chi connectivity index (χ1v) is 5.59. The molecular weight excluding hydrogens is 212 g/mol. The molecule has 0 saturated heterocycles. The van der Waals surface area contributed by atoms with Gasteiger partial charge in [0.2, 0.25) is 0 Å². The number of aryl methyl sites for hydroxylation is 1. The van der Waals surface area contributed by atoms with Crippen LogP contribution in [0.15, 0.2) is 42.5 Å². The minimum Gasteiger partial charge on any atom is -0.497 e. The third-order valence-electron chi connectivity index (χ3n) is 2.88. The highest BCUT2D eigenvalue weighted by molar-refractivity contribution is 5.68. The lowest BCUT2D eigenvalue weighted by molar-refractivity contribution is 0.282. The summed E-state index contributed by atoms with van der Waals surface area (Å²) in [6.45, 7) is 2.15. The second-order valence-corrected chi connectivity index (χ2v) is 4.04. The van der Waals surface area contributed by atoms with E-state index < -0.39 is 0 Å². The number of benzene rings is 2. The number of aliphatic hydroxyl groups excluding tert-OH is 1. The molecule has 0 heterocycles. The average Bonchev–Trinajstić information content (AvgIpc) is 2.39. The molecule has 2 heteroatoms. The van der Waals surface area contributed by atoms with E-state index in [1.165, 1.54) is 11.1 Å². The molecule has 0 aliphatic heterocycles. The van der Waals surface area contributed by atoms with Crippen LogP contribution in [-0.4, -0.2) is 12.2 Å². The maximum absolute atomic E-state index is 9.01. The second kappa shape index (κ2) is 5.02. The van der Waals surface area contributed by atoms with Crippen LogP contribution in [0.25, 0.3) is 11.1 Å². The molecule has 0 atom stereocenters. The van der Waals surface area contributed by atoms with Gasteiger partial charge in [-0.15, -0.1) is 0 Å². The van der Waals surface area contributed by atoms with Crippen molar-refractivity contribution in [3.63, 3.8) is 0 Å². The van der Waals surface area contributed by atoms with E-state index >= 15 is 0 Å². The summed E-state index contributed by atoms with van der Waals surface area (Å²) < 4.78 is 5.19. The van der Waals surface area contributed by atoms with Gasteiger partial charge in [0.15, 0.2) is 0 Å². The molecule has 0 radical (unpaired) electrons. The maximum atomic E-state index is 9.01. The minimum absolute atomic E-state index is 0.0852. The maximum Gasteiger partial charge on any atom is 0.119 e. The monoisotopic (exact) mass is 228 g/mol. The van der Waals surface area contributed by atoms with Crippen molar-refractivity contribution in [2.24, 2.45) is 0 Å². The third-order valence-corrected chi connectivity index (χ3v) is 2.88. The minimum atomic E-state index is 0.0852. The van der Waals surface area contributed by atoms with Crippen molar-refractivity contribution in [3.05, 3.63) is 53.6 Å². The molecule has 0 unspecified atom stereocenters. The topological polar surface area (TPSA) is 29.5 Å². The Labute approximate surface area is 101 Å². The van der Waals surface area contributed by atoms with Crippen molar-refractivity contribution in [3.8, 4) is 16.9 Å². The van der Waals surface area contributed by atoms with Gasteiger partial charge in [-0.1, -0.05) is 30.3 Å². The van der Waals surface area contributed by atoms with E-state index in [1.807, 2.05) is 36.4 Å². The van der Waals surface area contributed by atoms with Crippen LogP contribution in [0.5, 0.6) is 5.75 Å². The van der Waals surface area contributed by atoms with Gasteiger partial charge in [0.05, 0.1) is 13.7 Å². The third kappa shape index (κ3) is 2.48. The quantitative estimate of drug-likeness (QED) is 0.874. The van der Waals surface area contributed by atoms with Crippen molar-refractivity contribution in [2.75, 3.05) is 7.11 Å². The van der Waals surface area contributed by atoms with Crippen LogP contribution in [0.1, 0.15) is 11.1 Å². The van der Waals surface area contributed by atoms with Crippen LogP contribution >= 0.6 is 0 Å². The van der Waals surface area contributed by atoms with Gasteiger partial charge in [-0.2, -0.15) is 0 Å². The molecule has 0 saturated carbocycles. The highest BCUT2D eigenvalue weighted by atomic mass is 16.5. The highest BCUT2D eigenvalue weighted by Crippen LogP contribution is 2.26. The first-order valence-electron chi connectivity index (χ1n) is 5.59. The molecule has 0 fully saturated rings. The molecule has 0 aliphatic rings. The molecule has 2 aromatic carbocycles. The first kappa shape index (κ1) is 11.7. The molecule has 0 spiro atoms. The van der Waals surface area contributed by atoms with Crippen LogP contribution in [0.2, 0.25) is 0 Å². The fourth-order valence-electron chi connectivity index (χ4n) is 1.88. The van der Waals surface area contributed by atoms with E-state index in [0.29, 0.717) is 0 Å². The van der Waals surface area contributed by atoms with Crippen LogP contribution in [-0.2, 0) is 6.61 Å². The van der Waals surface area contributed by atoms with Gasteiger partial charge >= 0.3 is 0 Å². The van der Waals surface area contributed by atoms with Crippen LogP contribution in [0, 0.1) is 6.92 Å². The van der Waals surface area contributed by atoms with Crippen molar-refractivity contribution < 1.29 is 9.84 Å². The van der Waals surface area contributed by atoms with E-state index in [2.05, 4.69) is 13.0 Å². The van der Waals surface area contributed by atoms with E-state index in [0.717, 1.165) is 16.9 Å². The van der Waals surface area contributed by atoms with Gasteiger partial charge in [0.25, 0.3) is 0 Å².